The highest BCUT2D eigenvalue weighted by Gasteiger charge is 2.27. The fourth-order valence-corrected chi connectivity index (χ4v) is 3.38. The number of carbonyl (C=O) groups excluding carboxylic acids is 1. The van der Waals surface area contributed by atoms with Crippen LogP contribution in [0.2, 0.25) is 0 Å². The molecule has 1 fully saturated rings. The van der Waals surface area contributed by atoms with E-state index in [2.05, 4.69) is 15.2 Å². The molecule has 1 saturated heterocycles. The number of anilines is 3. The van der Waals surface area contributed by atoms with E-state index in [1.807, 2.05) is 24.3 Å². The predicted molar refractivity (Wildman–Crippen MR) is 105 cm³/mol. The molecule has 1 aromatic heterocycles. The van der Waals surface area contributed by atoms with Gasteiger partial charge in [-0.05, 0) is 43.2 Å². The Balaban J connectivity index is 1.37. The molecule has 1 aliphatic rings. The molecule has 2 aromatic carbocycles. The van der Waals surface area contributed by atoms with Gasteiger partial charge in [-0.25, -0.2) is 0 Å². The SMILES string of the molecule is COc1ccc(NC(=O)C2CCN(c3nc4ccccc4o3)CC2)cc1N. The second kappa shape index (κ2) is 7.19. The van der Waals surface area contributed by atoms with Gasteiger partial charge in [-0.15, -0.1) is 0 Å². The Morgan fingerprint density at radius 2 is 2.04 bits per heavy atom. The topological polar surface area (TPSA) is 93.6 Å². The molecule has 0 unspecified atom stereocenters. The molecule has 0 bridgehead atoms. The number of nitrogens with zero attached hydrogens (tertiary/aromatic N) is 2. The molecular weight excluding hydrogens is 344 g/mol. The molecule has 0 radical (unpaired) electrons. The van der Waals surface area contributed by atoms with Crippen LogP contribution in [0.1, 0.15) is 12.8 Å². The largest absolute Gasteiger partial charge is 0.495 e. The summed E-state index contributed by atoms with van der Waals surface area (Å²) in [6.45, 7) is 1.46. The number of para-hydroxylation sites is 2. The fraction of sp³-hybridized carbons (Fsp3) is 0.300. The second-order valence-corrected chi connectivity index (χ2v) is 6.67. The summed E-state index contributed by atoms with van der Waals surface area (Å²) in [4.78, 5) is 19.2. The van der Waals surface area contributed by atoms with Crippen molar-refractivity contribution >= 4 is 34.4 Å². The summed E-state index contributed by atoms with van der Waals surface area (Å²) in [7, 11) is 1.56. The zero-order valence-electron chi connectivity index (χ0n) is 15.1. The van der Waals surface area contributed by atoms with Gasteiger partial charge in [0, 0.05) is 24.7 Å². The minimum absolute atomic E-state index is 0.0109. The van der Waals surface area contributed by atoms with Gasteiger partial charge in [0.05, 0.1) is 12.8 Å². The highest BCUT2D eigenvalue weighted by molar-refractivity contribution is 5.93. The Hall–Kier alpha value is -3.22. The van der Waals surface area contributed by atoms with Crippen molar-refractivity contribution in [1.82, 2.24) is 4.98 Å². The zero-order valence-corrected chi connectivity index (χ0v) is 15.1. The van der Waals surface area contributed by atoms with E-state index in [4.69, 9.17) is 14.9 Å². The number of hydrogen-bond acceptors (Lipinski definition) is 6. The molecule has 140 valence electrons. The van der Waals surface area contributed by atoms with Gasteiger partial charge < -0.3 is 25.1 Å². The summed E-state index contributed by atoms with van der Waals surface area (Å²) in [5.74, 6) is 0.561. The van der Waals surface area contributed by atoms with Crippen LogP contribution in [0.25, 0.3) is 11.1 Å². The van der Waals surface area contributed by atoms with Gasteiger partial charge in [0.2, 0.25) is 5.91 Å². The quantitative estimate of drug-likeness (QED) is 0.688. The van der Waals surface area contributed by atoms with Crippen LogP contribution in [0.5, 0.6) is 5.75 Å². The number of nitrogens with two attached hydrogens (primary N) is 1. The van der Waals surface area contributed by atoms with Gasteiger partial charge >= 0.3 is 0 Å². The Morgan fingerprint density at radius 3 is 2.74 bits per heavy atom. The van der Waals surface area contributed by atoms with E-state index in [0.717, 1.165) is 37.0 Å². The van der Waals surface area contributed by atoms with E-state index < -0.39 is 0 Å². The molecule has 7 heteroatoms. The van der Waals surface area contributed by atoms with Crippen LogP contribution in [-0.4, -0.2) is 31.1 Å². The van der Waals surface area contributed by atoms with Gasteiger partial charge in [0.1, 0.15) is 11.3 Å². The Bertz CT molecular complexity index is 928. The third-order valence-electron chi connectivity index (χ3n) is 4.92. The predicted octanol–water partition coefficient (Wildman–Crippen LogP) is 3.27. The minimum atomic E-state index is -0.0473. The molecule has 1 aliphatic heterocycles. The first kappa shape index (κ1) is 17.2. The number of benzene rings is 2. The smallest absolute Gasteiger partial charge is 0.298 e. The number of hydrogen-bond donors (Lipinski definition) is 2. The number of carbonyl (C=O) groups is 1. The Labute approximate surface area is 157 Å². The number of ether oxygens (including phenoxy) is 1. The maximum Gasteiger partial charge on any atom is 0.298 e. The molecule has 0 saturated carbocycles. The summed E-state index contributed by atoms with van der Waals surface area (Å²) in [6.07, 6.45) is 1.49. The average Bonchev–Trinajstić information content (AvgIpc) is 3.12. The summed E-state index contributed by atoms with van der Waals surface area (Å²) in [6, 6.07) is 13.6. The van der Waals surface area contributed by atoms with Gasteiger partial charge in [0.25, 0.3) is 6.01 Å². The molecule has 1 amide bonds. The van der Waals surface area contributed by atoms with E-state index in [0.29, 0.717) is 23.1 Å². The molecule has 0 spiro atoms. The van der Waals surface area contributed by atoms with Crippen molar-refractivity contribution in [3.8, 4) is 5.75 Å². The van der Waals surface area contributed by atoms with Crippen LogP contribution in [0, 0.1) is 5.92 Å². The first-order chi connectivity index (χ1) is 13.1. The van der Waals surface area contributed by atoms with E-state index >= 15 is 0 Å². The number of piperidine rings is 1. The van der Waals surface area contributed by atoms with Crippen molar-refractivity contribution in [3.05, 3.63) is 42.5 Å². The normalized spacial score (nSPS) is 15.1. The molecule has 0 aliphatic carbocycles. The molecule has 2 heterocycles. The minimum Gasteiger partial charge on any atom is -0.495 e. The van der Waals surface area contributed by atoms with Crippen LogP contribution in [0.4, 0.5) is 17.4 Å². The number of oxazole rings is 1. The van der Waals surface area contributed by atoms with Gasteiger partial charge in [-0.2, -0.15) is 4.98 Å². The van der Waals surface area contributed by atoms with Gasteiger partial charge in [-0.3, -0.25) is 4.79 Å². The summed E-state index contributed by atoms with van der Waals surface area (Å²) >= 11 is 0. The van der Waals surface area contributed by atoms with Gasteiger partial charge in [0.15, 0.2) is 5.58 Å². The Morgan fingerprint density at radius 1 is 1.26 bits per heavy atom. The highest BCUT2D eigenvalue weighted by Crippen LogP contribution is 2.28. The fourth-order valence-electron chi connectivity index (χ4n) is 3.38. The molecule has 0 atom stereocenters. The first-order valence-corrected chi connectivity index (χ1v) is 8.99. The number of methoxy groups -OCH3 is 1. The maximum atomic E-state index is 12.6. The highest BCUT2D eigenvalue weighted by atomic mass is 16.5. The standard InChI is InChI=1S/C20H22N4O3/c1-26-17-7-6-14(12-15(17)21)22-19(25)13-8-10-24(11-9-13)20-23-16-4-2-3-5-18(16)27-20/h2-7,12-13H,8-11,21H2,1H3,(H,22,25). The lowest BCUT2D eigenvalue weighted by Crippen LogP contribution is -2.38. The van der Waals surface area contributed by atoms with Gasteiger partial charge in [-0.1, -0.05) is 12.1 Å². The van der Waals surface area contributed by atoms with Crippen molar-refractivity contribution in [2.24, 2.45) is 5.92 Å². The second-order valence-electron chi connectivity index (χ2n) is 6.67. The summed E-state index contributed by atoms with van der Waals surface area (Å²) in [5.41, 5.74) is 8.71. The molecule has 3 aromatic rings. The van der Waals surface area contributed by atoms with Crippen molar-refractivity contribution in [3.63, 3.8) is 0 Å². The van der Waals surface area contributed by atoms with E-state index in [9.17, 15) is 4.79 Å². The van der Waals surface area contributed by atoms with Crippen LogP contribution in [-0.2, 0) is 4.79 Å². The number of rotatable bonds is 4. The number of amides is 1. The van der Waals surface area contributed by atoms with Crippen molar-refractivity contribution in [1.29, 1.82) is 0 Å². The lowest BCUT2D eigenvalue weighted by atomic mass is 9.96. The molecule has 27 heavy (non-hydrogen) atoms. The summed E-state index contributed by atoms with van der Waals surface area (Å²) < 4.78 is 11.0. The zero-order chi connectivity index (χ0) is 18.8. The van der Waals surface area contributed by atoms with E-state index in [1.165, 1.54) is 0 Å². The molecular formula is C20H22N4O3. The van der Waals surface area contributed by atoms with Crippen LogP contribution in [0.3, 0.4) is 0 Å². The van der Waals surface area contributed by atoms with Crippen molar-refractivity contribution in [2.45, 2.75) is 12.8 Å². The van der Waals surface area contributed by atoms with E-state index in [1.54, 1.807) is 25.3 Å². The van der Waals surface area contributed by atoms with E-state index in [-0.39, 0.29) is 11.8 Å². The first-order valence-electron chi connectivity index (χ1n) is 8.99. The lowest BCUT2D eigenvalue weighted by molar-refractivity contribution is -0.120. The van der Waals surface area contributed by atoms with Crippen LogP contribution in [0.15, 0.2) is 46.9 Å². The third kappa shape index (κ3) is 3.53. The maximum absolute atomic E-state index is 12.6. The average molecular weight is 366 g/mol. The monoisotopic (exact) mass is 366 g/mol. The van der Waals surface area contributed by atoms with Crippen LogP contribution < -0.4 is 20.7 Å². The van der Waals surface area contributed by atoms with Crippen LogP contribution >= 0.6 is 0 Å². The third-order valence-corrected chi connectivity index (χ3v) is 4.92. The van der Waals surface area contributed by atoms with Crippen molar-refractivity contribution < 1.29 is 13.9 Å². The Kier molecular flexibility index (Phi) is 4.58. The summed E-state index contributed by atoms with van der Waals surface area (Å²) in [5, 5.41) is 2.95. The lowest BCUT2D eigenvalue weighted by Gasteiger charge is -2.30. The number of aromatic nitrogens is 1. The molecule has 7 nitrogen and oxygen atoms in total. The van der Waals surface area contributed by atoms with Crippen molar-refractivity contribution in [2.75, 3.05) is 36.1 Å². The molecule has 4 rings (SSSR count). The number of fused-ring (bicyclic) bond motifs is 1. The number of nitrogens with one attached hydrogen (secondary N) is 1. The molecule has 3 N–H and O–H groups in total. The number of nitrogen functional groups attached to an aromatic ring is 1.